The molecule has 4 N–H and O–H groups in total. The zero-order valence-corrected chi connectivity index (χ0v) is 10.5. The van der Waals surface area contributed by atoms with Gasteiger partial charge in [0, 0.05) is 11.8 Å². The van der Waals surface area contributed by atoms with E-state index in [1.807, 2.05) is 0 Å². The van der Waals surface area contributed by atoms with Crippen molar-refractivity contribution in [2.45, 2.75) is 19.4 Å². The number of aromatic carboxylic acids is 1. The quantitative estimate of drug-likeness (QED) is 0.622. The molecule has 0 saturated heterocycles. The third-order valence-electron chi connectivity index (χ3n) is 2.27. The van der Waals surface area contributed by atoms with E-state index in [1.165, 1.54) is 12.1 Å². The number of carboxylic acids is 1. The van der Waals surface area contributed by atoms with Crippen molar-refractivity contribution in [3.63, 3.8) is 0 Å². The monoisotopic (exact) mass is 262 g/mol. The molecule has 0 aliphatic rings. The summed E-state index contributed by atoms with van der Waals surface area (Å²) in [6.45, 7) is 3.30. The summed E-state index contributed by atoms with van der Waals surface area (Å²) in [5.41, 5.74) is -0.796. The number of carboxylic acid groups (broad SMARTS) is 1. The Morgan fingerprint density at radius 1 is 1.37 bits per heavy atom. The van der Waals surface area contributed by atoms with Crippen LogP contribution in [0.5, 0.6) is 5.75 Å². The highest BCUT2D eigenvalue weighted by molar-refractivity contribution is 5.94. The van der Waals surface area contributed by atoms with Crippen LogP contribution in [0.15, 0.2) is 18.2 Å². The molecule has 6 heteroatoms. The highest BCUT2D eigenvalue weighted by atomic mass is 16.4. The summed E-state index contributed by atoms with van der Waals surface area (Å²) in [4.78, 5) is 22.3. The zero-order chi connectivity index (χ0) is 14.6. The fourth-order valence-electron chi connectivity index (χ4n) is 1.27. The molecule has 0 bridgehead atoms. The van der Waals surface area contributed by atoms with Gasteiger partial charge in [-0.1, -0.05) is 5.92 Å². The number of terminal acetylenes is 1. The highest BCUT2D eigenvalue weighted by Crippen LogP contribution is 2.21. The number of hydrogen-bond acceptors (Lipinski definition) is 3. The molecule has 0 aliphatic carbocycles. The van der Waals surface area contributed by atoms with Crippen LogP contribution < -0.4 is 10.6 Å². The summed E-state index contributed by atoms with van der Waals surface area (Å²) in [5, 5.41) is 23.2. The average Bonchev–Trinajstić information content (AvgIpc) is 2.27. The second-order valence-electron chi connectivity index (χ2n) is 4.39. The van der Waals surface area contributed by atoms with E-state index in [-0.39, 0.29) is 11.3 Å². The Morgan fingerprint density at radius 2 is 2.00 bits per heavy atom. The number of amides is 2. The fourth-order valence-corrected chi connectivity index (χ4v) is 1.27. The lowest BCUT2D eigenvalue weighted by Gasteiger charge is -2.19. The van der Waals surface area contributed by atoms with Crippen molar-refractivity contribution in [3.05, 3.63) is 23.8 Å². The second kappa shape index (κ2) is 5.31. The Hall–Kier alpha value is -2.68. The van der Waals surface area contributed by atoms with Gasteiger partial charge in [0.1, 0.15) is 11.3 Å². The lowest BCUT2D eigenvalue weighted by atomic mass is 10.1. The molecule has 0 spiro atoms. The Balaban J connectivity index is 2.79. The zero-order valence-electron chi connectivity index (χ0n) is 10.5. The minimum atomic E-state index is -1.25. The summed E-state index contributed by atoms with van der Waals surface area (Å²) >= 11 is 0. The van der Waals surface area contributed by atoms with Crippen molar-refractivity contribution in [1.82, 2.24) is 5.32 Å². The highest BCUT2D eigenvalue weighted by Gasteiger charge is 2.17. The summed E-state index contributed by atoms with van der Waals surface area (Å²) < 4.78 is 0. The number of carbonyl (C=O) groups is 2. The molecule has 1 rings (SSSR count). The van der Waals surface area contributed by atoms with Gasteiger partial charge >= 0.3 is 12.0 Å². The van der Waals surface area contributed by atoms with Gasteiger partial charge in [0.25, 0.3) is 0 Å². The van der Waals surface area contributed by atoms with E-state index in [4.69, 9.17) is 11.5 Å². The molecule has 0 heterocycles. The Labute approximate surface area is 110 Å². The van der Waals surface area contributed by atoms with Crippen LogP contribution in [0.25, 0.3) is 0 Å². The van der Waals surface area contributed by atoms with Crippen molar-refractivity contribution in [2.24, 2.45) is 0 Å². The fraction of sp³-hybridized carbons (Fsp3) is 0.231. The number of rotatable bonds is 3. The maximum absolute atomic E-state index is 11.6. The van der Waals surface area contributed by atoms with E-state index in [0.29, 0.717) is 0 Å². The lowest BCUT2D eigenvalue weighted by Crippen LogP contribution is -2.44. The molecule has 1 aromatic carbocycles. The van der Waals surface area contributed by atoms with E-state index < -0.39 is 23.3 Å². The van der Waals surface area contributed by atoms with E-state index in [2.05, 4.69) is 16.6 Å². The molecular weight excluding hydrogens is 248 g/mol. The molecule has 2 amide bonds. The molecule has 100 valence electrons. The van der Waals surface area contributed by atoms with E-state index >= 15 is 0 Å². The van der Waals surface area contributed by atoms with Crippen LogP contribution in [0.2, 0.25) is 0 Å². The van der Waals surface area contributed by atoms with Crippen molar-refractivity contribution in [2.75, 3.05) is 5.32 Å². The molecule has 19 heavy (non-hydrogen) atoms. The predicted molar refractivity (Wildman–Crippen MR) is 70.1 cm³/mol. The first-order valence-electron chi connectivity index (χ1n) is 5.38. The summed E-state index contributed by atoms with van der Waals surface area (Å²) in [6, 6.07) is 3.15. The standard InChI is InChI=1S/C13H14N2O4/c1-4-13(2,3)15-12(19)14-8-5-6-9(11(17)18)10(16)7-8/h1,5-7,16H,2-3H3,(H,17,18)(H2,14,15,19). The second-order valence-corrected chi connectivity index (χ2v) is 4.39. The molecule has 0 saturated carbocycles. The van der Waals surface area contributed by atoms with Crippen molar-refractivity contribution < 1.29 is 19.8 Å². The number of nitrogens with one attached hydrogen (secondary N) is 2. The topological polar surface area (TPSA) is 98.7 Å². The molecule has 0 atom stereocenters. The normalized spacial score (nSPS) is 10.4. The van der Waals surface area contributed by atoms with E-state index in [1.54, 1.807) is 13.8 Å². The van der Waals surface area contributed by atoms with E-state index in [0.717, 1.165) is 6.07 Å². The summed E-state index contributed by atoms with van der Waals surface area (Å²) in [5.74, 6) is 0.717. The van der Waals surface area contributed by atoms with Gasteiger partial charge in [0.05, 0.1) is 5.54 Å². The number of carbonyl (C=O) groups excluding carboxylic acids is 1. The maximum atomic E-state index is 11.6. The van der Waals surface area contributed by atoms with Gasteiger partial charge < -0.3 is 20.8 Å². The molecule has 0 aromatic heterocycles. The molecule has 6 nitrogen and oxygen atoms in total. The molecule has 0 aliphatic heterocycles. The molecule has 1 aromatic rings. The first-order chi connectivity index (χ1) is 8.75. The number of urea groups is 1. The van der Waals surface area contributed by atoms with Crippen LogP contribution in [-0.4, -0.2) is 27.8 Å². The van der Waals surface area contributed by atoms with Gasteiger partial charge in [0.2, 0.25) is 0 Å². The number of anilines is 1. The van der Waals surface area contributed by atoms with Crippen LogP contribution in [0.3, 0.4) is 0 Å². The number of benzene rings is 1. The van der Waals surface area contributed by atoms with Gasteiger partial charge in [-0.25, -0.2) is 9.59 Å². The first-order valence-corrected chi connectivity index (χ1v) is 5.38. The Kier molecular flexibility index (Phi) is 4.02. The van der Waals surface area contributed by atoms with Gasteiger partial charge in [-0.2, -0.15) is 0 Å². The number of phenols is 1. The molecule has 0 radical (unpaired) electrons. The molecule has 0 fully saturated rings. The average molecular weight is 262 g/mol. The van der Waals surface area contributed by atoms with Gasteiger partial charge in [-0.15, -0.1) is 6.42 Å². The van der Waals surface area contributed by atoms with Crippen molar-refractivity contribution in [3.8, 4) is 18.1 Å². The van der Waals surface area contributed by atoms with Gasteiger partial charge in [0.15, 0.2) is 0 Å². The minimum Gasteiger partial charge on any atom is -0.507 e. The first kappa shape index (κ1) is 14.4. The predicted octanol–water partition coefficient (Wildman–Crippen LogP) is 1.62. The minimum absolute atomic E-state index is 0.241. The third kappa shape index (κ3) is 3.92. The molecule has 0 unspecified atom stereocenters. The van der Waals surface area contributed by atoms with Crippen LogP contribution in [-0.2, 0) is 0 Å². The van der Waals surface area contributed by atoms with Crippen LogP contribution in [0.1, 0.15) is 24.2 Å². The van der Waals surface area contributed by atoms with Crippen molar-refractivity contribution >= 4 is 17.7 Å². The Bertz CT molecular complexity index is 558. The number of hydrogen-bond donors (Lipinski definition) is 4. The van der Waals surface area contributed by atoms with Crippen LogP contribution in [0, 0.1) is 12.3 Å². The van der Waals surface area contributed by atoms with Crippen LogP contribution >= 0.6 is 0 Å². The van der Waals surface area contributed by atoms with E-state index in [9.17, 15) is 14.7 Å². The SMILES string of the molecule is C#CC(C)(C)NC(=O)Nc1ccc(C(=O)O)c(O)c1. The Morgan fingerprint density at radius 3 is 2.47 bits per heavy atom. The molecular formula is C13H14N2O4. The smallest absolute Gasteiger partial charge is 0.339 e. The van der Waals surface area contributed by atoms with Crippen LogP contribution in [0.4, 0.5) is 10.5 Å². The van der Waals surface area contributed by atoms with Crippen molar-refractivity contribution in [1.29, 1.82) is 0 Å². The lowest BCUT2D eigenvalue weighted by molar-refractivity contribution is 0.0694. The largest absolute Gasteiger partial charge is 0.507 e. The summed E-state index contributed by atoms with van der Waals surface area (Å²) in [7, 11) is 0. The number of aromatic hydroxyl groups is 1. The van der Waals surface area contributed by atoms with Gasteiger partial charge in [-0.3, -0.25) is 0 Å². The maximum Gasteiger partial charge on any atom is 0.339 e. The summed E-state index contributed by atoms with van der Waals surface area (Å²) in [6.07, 6.45) is 5.23. The third-order valence-corrected chi connectivity index (χ3v) is 2.27. The van der Waals surface area contributed by atoms with Gasteiger partial charge in [-0.05, 0) is 26.0 Å².